The van der Waals surface area contributed by atoms with Gasteiger partial charge in [-0.2, -0.15) is 18.3 Å². The summed E-state index contributed by atoms with van der Waals surface area (Å²) in [5.74, 6) is 0.164. The van der Waals surface area contributed by atoms with Gasteiger partial charge in [0.25, 0.3) is 0 Å². The summed E-state index contributed by atoms with van der Waals surface area (Å²) in [5.41, 5.74) is -1.13. The standard InChI is InChI=1S/C19H14F3N5O3S/c1-2-31(28,29)14-9-12(30-17-5-3-4-7-23-17)11-24-18(14)13-6-8-27-16(25-13)10-15(26-27)19(20,21)22/h3-11H,2H2,1H3. The molecule has 31 heavy (non-hydrogen) atoms. The average molecular weight is 449 g/mol. The predicted octanol–water partition coefficient (Wildman–Crippen LogP) is 3.79. The molecule has 0 N–H and O–H groups in total. The van der Waals surface area contributed by atoms with Crippen molar-refractivity contribution >= 4 is 15.5 Å². The van der Waals surface area contributed by atoms with Crippen LogP contribution >= 0.6 is 0 Å². The largest absolute Gasteiger partial charge is 0.437 e. The topological polar surface area (TPSA) is 99.3 Å². The highest BCUT2D eigenvalue weighted by molar-refractivity contribution is 7.91. The van der Waals surface area contributed by atoms with Gasteiger partial charge in [0.05, 0.1) is 22.5 Å². The molecule has 12 heteroatoms. The molecule has 160 valence electrons. The number of aromatic nitrogens is 5. The Morgan fingerprint density at radius 2 is 1.94 bits per heavy atom. The summed E-state index contributed by atoms with van der Waals surface area (Å²) in [6.45, 7) is 1.47. The summed E-state index contributed by atoms with van der Waals surface area (Å²) in [4.78, 5) is 12.2. The molecule has 4 heterocycles. The predicted molar refractivity (Wildman–Crippen MR) is 103 cm³/mol. The first-order valence-electron chi connectivity index (χ1n) is 8.93. The number of fused-ring (bicyclic) bond motifs is 1. The van der Waals surface area contributed by atoms with Crippen LogP contribution in [0.2, 0.25) is 0 Å². The van der Waals surface area contributed by atoms with Crippen molar-refractivity contribution in [3.8, 4) is 23.0 Å². The molecular formula is C19H14F3N5O3S. The van der Waals surface area contributed by atoms with Gasteiger partial charge in [-0.1, -0.05) is 13.0 Å². The van der Waals surface area contributed by atoms with Gasteiger partial charge in [-0.05, 0) is 12.1 Å². The summed E-state index contributed by atoms with van der Waals surface area (Å²) in [6, 6.07) is 8.40. The monoisotopic (exact) mass is 449 g/mol. The van der Waals surface area contributed by atoms with Gasteiger partial charge in [-0.15, -0.1) is 0 Å². The molecule has 4 aromatic rings. The van der Waals surface area contributed by atoms with Crippen molar-refractivity contribution in [2.45, 2.75) is 18.0 Å². The van der Waals surface area contributed by atoms with E-state index in [1.807, 2.05) is 0 Å². The number of nitrogens with zero attached hydrogens (tertiary/aromatic N) is 5. The molecule has 0 aliphatic carbocycles. The van der Waals surface area contributed by atoms with Crippen molar-refractivity contribution in [1.29, 1.82) is 0 Å². The smallest absolute Gasteiger partial charge is 0.435 e. The van der Waals surface area contributed by atoms with Gasteiger partial charge in [0.2, 0.25) is 5.88 Å². The summed E-state index contributed by atoms with van der Waals surface area (Å²) in [5, 5.41) is 3.43. The molecule has 0 bridgehead atoms. The molecule has 0 aliphatic rings. The number of hydrogen-bond donors (Lipinski definition) is 0. The summed E-state index contributed by atoms with van der Waals surface area (Å²) in [7, 11) is -3.77. The lowest BCUT2D eigenvalue weighted by Crippen LogP contribution is -2.08. The number of halogens is 3. The second kappa shape index (κ2) is 7.61. The molecule has 4 rings (SSSR count). The molecule has 0 aliphatic heterocycles. The highest BCUT2D eigenvalue weighted by Crippen LogP contribution is 2.32. The lowest BCUT2D eigenvalue weighted by atomic mass is 10.2. The van der Waals surface area contributed by atoms with Crippen molar-refractivity contribution in [3.05, 3.63) is 60.7 Å². The molecule has 0 fully saturated rings. The Kier molecular flexibility index (Phi) is 5.09. The Bertz CT molecular complexity index is 1360. The van der Waals surface area contributed by atoms with Crippen molar-refractivity contribution < 1.29 is 26.3 Å². The van der Waals surface area contributed by atoms with E-state index in [1.54, 1.807) is 18.2 Å². The summed E-state index contributed by atoms with van der Waals surface area (Å²) in [6.07, 6.45) is -0.564. The number of rotatable bonds is 5. The minimum atomic E-state index is -4.63. The fourth-order valence-electron chi connectivity index (χ4n) is 2.75. The quantitative estimate of drug-likeness (QED) is 0.457. The molecule has 8 nitrogen and oxygen atoms in total. The van der Waals surface area contributed by atoms with E-state index in [0.29, 0.717) is 0 Å². The van der Waals surface area contributed by atoms with Crippen LogP contribution in [0, 0.1) is 0 Å². The van der Waals surface area contributed by atoms with E-state index in [4.69, 9.17) is 4.74 Å². The minimum absolute atomic E-state index is 0.00696. The molecular weight excluding hydrogens is 435 g/mol. The average Bonchev–Trinajstić information content (AvgIpc) is 3.18. The fraction of sp³-hybridized carbons (Fsp3) is 0.158. The molecule has 0 atom stereocenters. The maximum atomic E-state index is 12.9. The van der Waals surface area contributed by atoms with Crippen LogP contribution in [-0.4, -0.2) is 38.7 Å². The third-order valence-electron chi connectivity index (χ3n) is 4.26. The van der Waals surface area contributed by atoms with Crippen molar-refractivity contribution in [2.24, 2.45) is 0 Å². The first-order valence-corrected chi connectivity index (χ1v) is 10.6. The van der Waals surface area contributed by atoms with E-state index in [1.165, 1.54) is 37.6 Å². The number of sulfone groups is 1. The van der Waals surface area contributed by atoms with Gasteiger partial charge < -0.3 is 4.74 Å². The third-order valence-corrected chi connectivity index (χ3v) is 6.00. The lowest BCUT2D eigenvalue weighted by Gasteiger charge is -2.11. The lowest BCUT2D eigenvalue weighted by molar-refractivity contribution is -0.141. The van der Waals surface area contributed by atoms with Gasteiger partial charge >= 0.3 is 6.18 Å². The van der Waals surface area contributed by atoms with Crippen LogP contribution in [0.3, 0.4) is 0 Å². The van der Waals surface area contributed by atoms with E-state index in [9.17, 15) is 21.6 Å². The molecule has 0 unspecified atom stereocenters. The molecule has 0 saturated heterocycles. The van der Waals surface area contributed by atoms with Crippen molar-refractivity contribution in [1.82, 2.24) is 24.6 Å². The van der Waals surface area contributed by atoms with Crippen LogP contribution in [0.4, 0.5) is 13.2 Å². The SMILES string of the molecule is CCS(=O)(=O)c1cc(Oc2ccccn2)cnc1-c1ccn2nc(C(F)(F)F)cc2n1. The third kappa shape index (κ3) is 4.19. The zero-order valence-corrected chi connectivity index (χ0v) is 16.7. The zero-order chi connectivity index (χ0) is 22.2. The van der Waals surface area contributed by atoms with Crippen molar-refractivity contribution in [3.63, 3.8) is 0 Å². The molecule has 4 aromatic heterocycles. The van der Waals surface area contributed by atoms with Gasteiger partial charge in [-0.25, -0.2) is 27.9 Å². The Morgan fingerprint density at radius 3 is 2.61 bits per heavy atom. The Morgan fingerprint density at radius 1 is 1.13 bits per heavy atom. The first kappa shape index (κ1) is 20.7. The van der Waals surface area contributed by atoms with E-state index < -0.39 is 21.7 Å². The normalized spacial score (nSPS) is 12.3. The zero-order valence-electron chi connectivity index (χ0n) is 15.9. The van der Waals surface area contributed by atoms with Crippen molar-refractivity contribution in [2.75, 3.05) is 5.75 Å². The van der Waals surface area contributed by atoms with Crippen LogP contribution in [0.15, 0.2) is 59.9 Å². The van der Waals surface area contributed by atoms with Gasteiger partial charge in [0, 0.05) is 30.6 Å². The van der Waals surface area contributed by atoms with E-state index >= 15 is 0 Å². The summed E-state index contributed by atoms with van der Waals surface area (Å²) < 4.78 is 70.7. The molecule has 0 saturated carbocycles. The van der Waals surface area contributed by atoms with E-state index in [2.05, 4.69) is 20.1 Å². The molecule has 0 spiro atoms. The van der Waals surface area contributed by atoms with Crippen LogP contribution in [0.1, 0.15) is 12.6 Å². The fourth-order valence-corrected chi connectivity index (χ4v) is 3.80. The van der Waals surface area contributed by atoms with Crippen LogP contribution < -0.4 is 4.74 Å². The number of ether oxygens (including phenoxy) is 1. The Labute approximate surface area is 174 Å². The van der Waals surface area contributed by atoms with Crippen LogP contribution in [0.5, 0.6) is 11.6 Å². The number of hydrogen-bond acceptors (Lipinski definition) is 7. The van der Waals surface area contributed by atoms with Gasteiger partial charge in [-0.3, -0.25) is 0 Å². The highest BCUT2D eigenvalue weighted by Gasteiger charge is 2.34. The van der Waals surface area contributed by atoms with Gasteiger partial charge in [0.1, 0.15) is 11.4 Å². The maximum Gasteiger partial charge on any atom is 0.435 e. The second-order valence-corrected chi connectivity index (χ2v) is 8.58. The number of pyridine rings is 2. The van der Waals surface area contributed by atoms with Gasteiger partial charge in [0.15, 0.2) is 21.2 Å². The van der Waals surface area contributed by atoms with E-state index in [-0.39, 0.29) is 39.3 Å². The maximum absolute atomic E-state index is 12.9. The Balaban J connectivity index is 1.81. The molecule has 0 amide bonds. The highest BCUT2D eigenvalue weighted by atomic mass is 32.2. The van der Waals surface area contributed by atoms with Crippen LogP contribution in [-0.2, 0) is 16.0 Å². The second-order valence-electron chi connectivity index (χ2n) is 6.33. The van der Waals surface area contributed by atoms with E-state index in [0.717, 1.165) is 10.6 Å². The minimum Gasteiger partial charge on any atom is -0.437 e. The van der Waals surface area contributed by atoms with Crippen LogP contribution in [0.25, 0.3) is 17.0 Å². The summed E-state index contributed by atoms with van der Waals surface area (Å²) >= 11 is 0. The first-order chi connectivity index (χ1) is 14.7. The number of alkyl halides is 3. The molecule has 0 aromatic carbocycles. The Hall–Kier alpha value is -3.54. The molecule has 0 radical (unpaired) electrons.